The van der Waals surface area contributed by atoms with Gasteiger partial charge in [-0.15, -0.1) is 9.24 Å². The minimum absolute atomic E-state index is 0. The van der Waals surface area contributed by atoms with Gasteiger partial charge in [-0.25, -0.2) is 4.79 Å². The van der Waals surface area contributed by atoms with E-state index < -0.39 is 6.16 Å². The molecule has 0 saturated carbocycles. The van der Waals surface area contributed by atoms with Gasteiger partial charge in [-0.05, 0) is 24.4 Å². The molecular weight excluding hydrogens is 290 g/mol. The Labute approximate surface area is 131 Å². The van der Waals surface area contributed by atoms with E-state index in [0.717, 1.165) is 7.11 Å². The summed E-state index contributed by atoms with van der Waals surface area (Å²) in [6.07, 6.45) is 11.2. The van der Waals surface area contributed by atoms with Gasteiger partial charge in [0.1, 0.15) is 0 Å². The first-order valence-corrected chi connectivity index (χ1v) is 8.09. The lowest BCUT2D eigenvalue weighted by molar-refractivity contribution is 0.114. The zero-order valence-electron chi connectivity index (χ0n) is 13.9. The van der Waals surface area contributed by atoms with Gasteiger partial charge >= 0.3 is 6.16 Å². The second kappa shape index (κ2) is 17.2. The number of methoxy groups -OCH3 is 1. The summed E-state index contributed by atoms with van der Waals surface area (Å²) < 4.78 is 3.67. The fourth-order valence-corrected chi connectivity index (χ4v) is 2.57. The summed E-state index contributed by atoms with van der Waals surface area (Å²) in [5.74, 6) is 0. The van der Waals surface area contributed by atoms with Gasteiger partial charge in [0.25, 0.3) is 0 Å². The summed E-state index contributed by atoms with van der Waals surface area (Å²) >= 11 is 0. The zero-order chi connectivity index (χ0) is 15.1. The minimum Gasteiger partial charge on any atom is -0.450 e. The van der Waals surface area contributed by atoms with Gasteiger partial charge in [-0.2, -0.15) is 9.90 Å². The number of hydrogen-bond donors (Lipinski definition) is 1. The molecule has 0 aliphatic rings. The van der Waals surface area contributed by atoms with Crippen molar-refractivity contribution in [2.75, 3.05) is 7.11 Å². The van der Waals surface area contributed by atoms with Crippen LogP contribution in [-0.4, -0.2) is 23.5 Å². The molecule has 3 nitrogen and oxygen atoms in total. The molecule has 0 radical (unpaired) electrons. The monoisotopic (exact) mass is 326 g/mol. The van der Waals surface area contributed by atoms with Crippen molar-refractivity contribution in [1.82, 2.24) is 0 Å². The van der Waals surface area contributed by atoms with Crippen molar-refractivity contribution in [2.45, 2.75) is 83.7 Å². The summed E-state index contributed by atoms with van der Waals surface area (Å²) in [7, 11) is 4.27. The molecule has 2 atom stereocenters. The van der Waals surface area contributed by atoms with Gasteiger partial charge in [0.15, 0.2) is 0 Å². The smallest absolute Gasteiger partial charge is 0.450 e. The van der Waals surface area contributed by atoms with Crippen LogP contribution in [0.2, 0.25) is 0 Å². The van der Waals surface area contributed by atoms with E-state index in [1.54, 1.807) is 0 Å². The largest absolute Gasteiger partial charge is 0.505 e. The first-order chi connectivity index (χ1) is 8.95. The zero-order valence-corrected chi connectivity index (χ0v) is 16.5. The van der Waals surface area contributed by atoms with Crippen LogP contribution in [0, 0.1) is 0 Å². The van der Waals surface area contributed by atoms with E-state index in [9.17, 15) is 0 Å². The van der Waals surface area contributed by atoms with E-state index in [1.807, 2.05) is 0 Å². The fourth-order valence-electron chi connectivity index (χ4n) is 1.96. The molecule has 0 spiro atoms. The van der Waals surface area contributed by atoms with Crippen molar-refractivity contribution in [3.05, 3.63) is 0 Å². The van der Waals surface area contributed by atoms with E-state index in [0.29, 0.717) is 5.16 Å². The Bertz CT molecular complexity index is 190. The molecule has 0 saturated heterocycles. The normalized spacial score (nSPS) is 10.1. The highest BCUT2D eigenvalue weighted by Gasteiger charge is 2.22. The van der Waals surface area contributed by atoms with Crippen molar-refractivity contribution < 1.29 is 14.6 Å². The second-order valence-electron chi connectivity index (χ2n) is 5.14. The summed E-state index contributed by atoms with van der Waals surface area (Å²) in [4.78, 5) is 9.15. The number of carbonyl (C=O) groups is 1. The third-order valence-electron chi connectivity index (χ3n) is 3.26. The summed E-state index contributed by atoms with van der Waals surface area (Å²) in [5.41, 5.74) is 0. The van der Waals surface area contributed by atoms with Crippen LogP contribution in [0.1, 0.15) is 78.6 Å². The van der Waals surface area contributed by atoms with E-state index in [2.05, 4.69) is 34.7 Å². The molecule has 0 rings (SSSR count). The van der Waals surface area contributed by atoms with Gasteiger partial charge in [0.05, 0.1) is 7.11 Å². The second-order valence-corrected chi connectivity index (χ2v) is 6.37. The van der Waals surface area contributed by atoms with Crippen LogP contribution >= 0.6 is 19.1 Å². The predicted molar refractivity (Wildman–Crippen MR) is 97.2 cm³/mol. The molecule has 0 aromatic carbocycles. The minimum atomic E-state index is -1.25. The lowest BCUT2D eigenvalue weighted by Gasteiger charge is -2.29. The highest BCUT2D eigenvalue weighted by Crippen LogP contribution is 2.36. The number of hydrogen-bond acceptors (Lipinski definition) is 2. The van der Waals surface area contributed by atoms with Crippen molar-refractivity contribution >= 4 is 25.3 Å². The quantitative estimate of drug-likeness (QED) is 0.447. The molecule has 20 heavy (non-hydrogen) atoms. The first kappa shape index (κ1) is 25.1. The lowest BCUT2D eigenvalue weighted by atomic mass is 9.90. The molecule has 0 fully saturated rings. The Morgan fingerprint density at radius 1 is 1.00 bits per heavy atom. The average molecular weight is 326 g/mol. The van der Waals surface area contributed by atoms with Crippen LogP contribution in [0.5, 0.6) is 0 Å². The van der Waals surface area contributed by atoms with E-state index >= 15 is 0 Å². The molecule has 0 aliphatic carbocycles. The fraction of sp³-hybridized carbons (Fsp3) is 0.933. The summed E-state index contributed by atoms with van der Waals surface area (Å²) in [6, 6.07) is 0. The maximum Gasteiger partial charge on any atom is 0.505 e. The summed E-state index contributed by atoms with van der Waals surface area (Å²) in [5, 5.41) is 8.07. The standard InChI is InChI=1S/C13H29P.C2H4O3.H3P/c1-4-7-10-13(14,11-8-5-2)12-9-6-3;1-5-2(3)4;/h4-12,14H2,1-3H3;1H3,(H,3,4);1H3. The predicted octanol–water partition coefficient (Wildman–Crippen LogP) is 5.54. The lowest BCUT2D eigenvalue weighted by Crippen LogP contribution is -2.20. The molecule has 0 heterocycles. The molecule has 0 amide bonds. The SMILES string of the molecule is CCCCC(P)(CCCC)CCCC.COC(=O)O.P. The molecule has 124 valence electrons. The van der Waals surface area contributed by atoms with Crippen LogP contribution in [0.3, 0.4) is 0 Å². The number of carboxylic acid groups (broad SMARTS) is 1. The average Bonchev–Trinajstić information content (AvgIpc) is 2.41. The Hall–Kier alpha value is 0.130. The summed E-state index contributed by atoms with van der Waals surface area (Å²) in [6.45, 7) is 6.89. The van der Waals surface area contributed by atoms with Crippen LogP contribution in [-0.2, 0) is 4.74 Å². The van der Waals surface area contributed by atoms with Crippen molar-refractivity contribution in [2.24, 2.45) is 0 Å². The topological polar surface area (TPSA) is 46.5 Å². The number of unbranched alkanes of at least 4 members (excludes halogenated alkanes) is 3. The third kappa shape index (κ3) is 18.1. The van der Waals surface area contributed by atoms with Gasteiger partial charge in [-0.3, -0.25) is 0 Å². The molecule has 1 N–H and O–H groups in total. The van der Waals surface area contributed by atoms with Crippen LogP contribution in [0.15, 0.2) is 0 Å². The maximum atomic E-state index is 9.15. The maximum absolute atomic E-state index is 9.15. The molecule has 0 bridgehead atoms. The third-order valence-corrected chi connectivity index (χ3v) is 4.13. The van der Waals surface area contributed by atoms with Gasteiger partial charge < -0.3 is 9.84 Å². The Morgan fingerprint density at radius 2 is 1.25 bits per heavy atom. The van der Waals surface area contributed by atoms with E-state index in [-0.39, 0.29) is 9.90 Å². The molecule has 0 aromatic rings. The molecule has 2 unspecified atom stereocenters. The van der Waals surface area contributed by atoms with Gasteiger partial charge in [0.2, 0.25) is 0 Å². The highest BCUT2D eigenvalue weighted by atomic mass is 31.0. The van der Waals surface area contributed by atoms with Gasteiger partial charge in [0, 0.05) is 0 Å². The van der Waals surface area contributed by atoms with E-state index in [1.165, 1.54) is 57.8 Å². The van der Waals surface area contributed by atoms with Crippen LogP contribution in [0.25, 0.3) is 0 Å². The Kier molecular flexibility index (Phi) is 21.6. The van der Waals surface area contributed by atoms with Crippen molar-refractivity contribution in [3.8, 4) is 0 Å². The van der Waals surface area contributed by atoms with Crippen molar-refractivity contribution in [1.29, 1.82) is 0 Å². The Balaban J connectivity index is -0.000000414. The Morgan fingerprint density at radius 3 is 1.40 bits per heavy atom. The number of ether oxygens (including phenoxy) is 1. The first-order valence-electron chi connectivity index (χ1n) is 7.51. The van der Waals surface area contributed by atoms with Crippen LogP contribution in [0.4, 0.5) is 4.79 Å². The van der Waals surface area contributed by atoms with Gasteiger partial charge in [-0.1, -0.05) is 59.3 Å². The molecule has 0 aliphatic heterocycles. The molecule has 0 aromatic heterocycles. The highest BCUT2D eigenvalue weighted by molar-refractivity contribution is 7.19. The van der Waals surface area contributed by atoms with Crippen LogP contribution < -0.4 is 0 Å². The molecular formula is C15H36O3P2. The van der Waals surface area contributed by atoms with E-state index in [4.69, 9.17) is 9.90 Å². The van der Waals surface area contributed by atoms with Crippen molar-refractivity contribution in [3.63, 3.8) is 0 Å². The molecule has 5 heteroatoms. The number of rotatable bonds is 9.